The molecule has 6 heteroatoms. The Labute approximate surface area is 141 Å². The van der Waals surface area contributed by atoms with Crippen molar-refractivity contribution in [3.05, 3.63) is 35.9 Å². The molecule has 0 radical (unpaired) electrons. The van der Waals surface area contributed by atoms with E-state index in [0.29, 0.717) is 12.3 Å². The highest BCUT2D eigenvalue weighted by atomic mass is 16.6. The number of nitrogens with zero attached hydrogens (tertiary/aromatic N) is 1. The van der Waals surface area contributed by atoms with Crippen LogP contribution in [0.25, 0.3) is 0 Å². The van der Waals surface area contributed by atoms with Crippen LogP contribution in [0, 0.1) is 5.92 Å². The van der Waals surface area contributed by atoms with Gasteiger partial charge < -0.3 is 10.1 Å². The van der Waals surface area contributed by atoms with Gasteiger partial charge in [0.25, 0.3) is 5.91 Å². The molecule has 2 fully saturated rings. The van der Waals surface area contributed by atoms with Gasteiger partial charge in [0.15, 0.2) is 6.61 Å². The molecular formula is C18H22N2O4. The van der Waals surface area contributed by atoms with Crippen LogP contribution in [0.15, 0.2) is 30.3 Å². The summed E-state index contributed by atoms with van der Waals surface area (Å²) >= 11 is 0. The van der Waals surface area contributed by atoms with Crippen molar-refractivity contribution in [3.8, 4) is 0 Å². The molecule has 1 aromatic rings. The van der Waals surface area contributed by atoms with Gasteiger partial charge >= 0.3 is 6.09 Å². The van der Waals surface area contributed by atoms with Crippen LogP contribution in [0.1, 0.15) is 43.7 Å². The van der Waals surface area contributed by atoms with E-state index in [1.54, 1.807) is 0 Å². The molecule has 1 aliphatic carbocycles. The Morgan fingerprint density at radius 2 is 1.92 bits per heavy atom. The van der Waals surface area contributed by atoms with Crippen LogP contribution in [0.4, 0.5) is 4.79 Å². The largest absolute Gasteiger partial charge is 0.439 e. The second-order valence-electron chi connectivity index (χ2n) is 6.44. The minimum absolute atomic E-state index is 0.0317. The summed E-state index contributed by atoms with van der Waals surface area (Å²) in [4.78, 5) is 36.9. The number of imide groups is 1. The van der Waals surface area contributed by atoms with Crippen LogP contribution in [0.2, 0.25) is 0 Å². The van der Waals surface area contributed by atoms with Gasteiger partial charge in [-0.2, -0.15) is 0 Å². The molecule has 1 N–H and O–H groups in total. The molecule has 0 spiro atoms. The molecule has 6 nitrogen and oxygen atoms in total. The number of hydrogen-bond donors (Lipinski definition) is 1. The molecule has 1 saturated heterocycles. The Bertz CT molecular complexity index is 595. The van der Waals surface area contributed by atoms with Crippen molar-refractivity contribution in [3.63, 3.8) is 0 Å². The second-order valence-corrected chi connectivity index (χ2v) is 6.44. The van der Waals surface area contributed by atoms with E-state index in [2.05, 4.69) is 5.32 Å². The summed E-state index contributed by atoms with van der Waals surface area (Å²) in [6.07, 6.45) is 4.43. The maximum Gasteiger partial charge on any atom is 0.417 e. The molecule has 128 valence electrons. The lowest BCUT2D eigenvalue weighted by atomic mass is 10.0. The summed E-state index contributed by atoms with van der Waals surface area (Å²) in [5, 5.41) is 2.99. The van der Waals surface area contributed by atoms with Crippen molar-refractivity contribution >= 4 is 17.9 Å². The van der Waals surface area contributed by atoms with Gasteiger partial charge in [0.05, 0.1) is 12.6 Å². The zero-order chi connectivity index (χ0) is 16.9. The second kappa shape index (κ2) is 7.47. The fraction of sp³-hybridized carbons (Fsp3) is 0.500. The van der Waals surface area contributed by atoms with Crippen LogP contribution >= 0.6 is 0 Å². The lowest BCUT2D eigenvalue weighted by molar-refractivity contribution is -0.127. The number of carbonyl (C=O) groups is 3. The average Bonchev–Trinajstić information content (AvgIpc) is 3.20. The smallest absolute Gasteiger partial charge is 0.417 e. The summed E-state index contributed by atoms with van der Waals surface area (Å²) in [6.45, 7) is -0.131. The monoisotopic (exact) mass is 330 g/mol. The first-order valence-electron chi connectivity index (χ1n) is 8.45. The van der Waals surface area contributed by atoms with E-state index in [1.165, 1.54) is 12.8 Å². The topological polar surface area (TPSA) is 75.7 Å². The highest BCUT2D eigenvalue weighted by Gasteiger charge is 2.34. The molecule has 0 aromatic heterocycles. The van der Waals surface area contributed by atoms with Gasteiger partial charge in [-0.1, -0.05) is 43.2 Å². The molecule has 2 aliphatic rings. The highest BCUT2D eigenvalue weighted by Crippen LogP contribution is 2.28. The average molecular weight is 330 g/mol. The number of nitrogens with one attached hydrogen (secondary N) is 1. The molecule has 1 atom stereocenters. The Morgan fingerprint density at radius 1 is 1.21 bits per heavy atom. The third-order valence-electron chi connectivity index (χ3n) is 4.69. The highest BCUT2D eigenvalue weighted by molar-refractivity contribution is 5.97. The van der Waals surface area contributed by atoms with Crippen LogP contribution in [0.3, 0.4) is 0 Å². The predicted molar refractivity (Wildman–Crippen MR) is 87.0 cm³/mol. The van der Waals surface area contributed by atoms with Crippen molar-refractivity contribution in [1.82, 2.24) is 10.2 Å². The van der Waals surface area contributed by atoms with Gasteiger partial charge in [0.2, 0.25) is 5.91 Å². The summed E-state index contributed by atoms with van der Waals surface area (Å²) < 4.78 is 4.75. The Balaban J connectivity index is 1.68. The van der Waals surface area contributed by atoms with E-state index in [9.17, 15) is 14.4 Å². The van der Waals surface area contributed by atoms with Crippen molar-refractivity contribution in [2.24, 2.45) is 5.92 Å². The normalized spacial score (nSPS) is 19.4. The minimum Gasteiger partial charge on any atom is -0.439 e. The third-order valence-corrected chi connectivity index (χ3v) is 4.69. The van der Waals surface area contributed by atoms with Gasteiger partial charge in [-0.3, -0.25) is 9.59 Å². The Morgan fingerprint density at radius 3 is 2.54 bits per heavy atom. The summed E-state index contributed by atoms with van der Waals surface area (Å²) in [7, 11) is 0. The first kappa shape index (κ1) is 16.5. The first-order chi connectivity index (χ1) is 11.6. The maximum atomic E-state index is 12.4. The van der Waals surface area contributed by atoms with Crippen molar-refractivity contribution < 1.29 is 19.1 Å². The number of ether oxygens (including phenoxy) is 1. The number of rotatable bonds is 6. The lowest BCUT2D eigenvalue weighted by Crippen LogP contribution is -2.40. The molecular weight excluding hydrogens is 308 g/mol. The third kappa shape index (κ3) is 3.93. The first-order valence-corrected chi connectivity index (χ1v) is 8.45. The molecule has 1 aromatic carbocycles. The van der Waals surface area contributed by atoms with Crippen LogP contribution in [-0.4, -0.2) is 36.0 Å². The number of carbonyl (C=O) groups excluding carboxylic acids is 3. The van der Waals surface area contributed by atoms with E-state index in [0.717, 1.165) is 23.3 Å². The van der Waals surface area contributed by atoms with Crippen LogP contribution in [0.5, 0.6) is 0 Å². The molecule has 24 heavy (non-hydrogen) atoms. The Kier molecular flexibility index (Phi) is 5.13. The van der Waals surface area contributed by atoms with Crippen molar-refractivity contribution in [1.29, 1.82) is 0 Å². The number of cyclic esters (lactones) is 1. The van der Waals surface area contributed by atoms with E-state index >= 15 is 0 Å². The van der Waals surface area contributed by atoms with Gasteiger partial charge in [-0.05, 0) is 24.3 Å². The number of amides is 3. The standard InChI is InChI=1S/C18H22N2O4/c21-16(10-13-6-4-5-7-13)19-15(14-8-2-1-3-9-14)11-20-17(22)12-24-18(20)23/h1-3,8-9,13,15H,4-7,10-12H2,(H,19,21). The van der Waals surface area contributed by atoms with Crippen molar-refractivity contribution in [2.45, 2.75) is 38.1 Å². The quantitative estimate of drug-likeness (QED) is 0.869. The van der Waals surface area contributed by atoms with E-state index in [1.807, 2.05) is 30.3 Å². The fourth-order valence-corrected chi connectivity index (χ4v) is 3.39. The molecule has 3 amide bonds. The zero-order valence-corrected chi connectivity index (χ0v) is 13.6. The van der Waals surface area contributed by atoms with Crippen LogP contribution < -0.4 is 5.32 Å². The van der Waals surface area contributed by atoms with E-state index in [-0.39, 0.29) is 25.0 Å². The minimum atomic E-state index is -0.647. The van der Waals surface area contributed by atoms with Gasteiger partial charge in [0.1, 0.15) is 0 Å². The van der Waals surface area contributed by atoms with E-state index in [4.69, 9.17) is 4.74 Å². The maximum absolute atomic E-state index is 12.4. The molecule has 1 aliphatic heterocycles. The Hall–Kier alpha value is -2.37. The molecule has 1 heterocycles. The summed E-state index contributed by atoms with van der Waals surface area (Å²) in [5.41, 5.74) is 0.866. The van der Waals surface area contributed by atoms with E-state index < -0.39 is 12.1 Å². The molecule has 1 saturated carbocycles. The van der Waals surface area contributed by atoms with Crippen molar-refractivity contribution in [2.75, 3.05) is 13.2 Å². The van der Waals surface area contributed by atoms with Gasteiger partial charge in [0, 0.05) is 6.42 Å². The van der Waals surface area contributed by atoms with Gasteiger partial charge in [-0.15, -0.1) is 0 Å². The summed E-state index contributed by atoms with van der Waals surface area (Å²) in [6, 6.07) is 8.97. The lowest BCUT2D eigenvalue weighted by Gasteiger charge is -2.23. The SMILES string of the molecule is O=C(CC1CCCC1)NC(CN1C(=O)COC1=O)c1ccccc1. The van der Waals surface area contributed by atoms with Crippen LogP contribution in [-0.2, 0) is 14.3 Å². The number of hydrogen-bond acceptors (Lipinski definition) is 4. The molecule has 0 bridgehead atoms. The molecule has 1 unspecified atom stereocenters. The summed E-state index contributed by atoms with van der Waals surface area (Å²) in [5.74, 6) is 0.0431. The molecule has 3 rings (SSSR count). The fourth-order valence-electron chi connectivity index (χ4n) is 3.39. The number of benzene rings is 1. The zero-order valence-electron chi connectivity index (χ0n) is 13.6. The van der Waals surface area contributed by atoms with Gasteiger partial charge in [-0.25, -0.2) is 9.69 Å². The predicted octanol–water partition coefficient (Wildman–Crippen LogP) is 2.40.